The van der Waals surface area contributed by atoms with Crippen LogP contribution in [0.4, 0.5) is 11.4 Å². The summed E-state index contributed by atoms with van der Waals surface area (Å²) >= 11 is 0. The van der Waals surface area contributed by atoms with Gasteiger partial charge >= 0.3 is 5.97 Å². The maximum Gasteiger partial charge on any atom is 0.337 e. The smallest absolute Gasteiger partial charge is 0.337 e. The quantitative estimate of drug-likeness (QED) is 0.766. The standard InChI is InChI=1S/C13H16N2O3/c1-2-4-8-7-14-10-6-3-5-9(13(17)18)11(10)15-12(8)16/h3,5-6,8,14H,2,4,7H2,1H3,(H,15,16)(H,17,18). The molecule has 1 aromatic carbocycles. The van der Waals surface area contributed by atoms with E-state index in [-0.39, 0.29) is 17.4 Å². The summed E-state index contributed by atoms with van der Waals surface area (Å²) in [5.74, 6) is -1.27. The van der Waals surface area contributed by atoms with Crippen molar-refractivity contribution in [3.8, 4) is 0 Å². The number of nitrogens with one attached hydrogen (secondary N) is 2. The van der Waals surface area contributed by atoms with Crippen LogP contribution >= 0.6 is 0 Å². The Morgan fingerprint density at radius 2 is 2.28 bits per heavy atom. The fraction of sp³-hybridized carbons (Fsp3) is 0.385. The summed E-state index contributed by atoms with van der Waals surface area (Å²) in [5, 5.41) is 15.0. The molecule has 0 spiro atoms. The molecule has 1 atom stereocenters. The SMILES string of the molecule is CCCC1CNc2cccc(C(=O)O)c2NC1=O. The first-order valence-corrected chi connectivity index (χ1v) is 6.04. The molecule has 0 bridgehead atoms. The lowest BCUT2D eigenvalue weighted by Gasteiger charge is -2.11. The summed E-state index contributed by atoms with van der Waals surface area (Å²) in [4.78, 5) is 23.1. The number of benzene rings is 1. The van der Waals surface area contributed by atoms with E-state index in [1.165, 1.54) is 6.07 Å². The minimum Gasteiger partial charge on any atom is -0.478 e. The fourth-order valence-electron chi connectivity index (χ4n) is 2.15. The van der Waals surface area contributed by atoms with Crippen LogP contribution in [0.3, 0.4) is 0 Å². The normalized spacial score (nSPS) is 18.3. The van der Waals surface area contributed by atoms with Gasteiger partial charge in [-0.2, -0.15) is 0 Å². The molecule has 0 aromatic heterocycles. The number of carbonyl (C=O) groups is 2. The van der Waals surface area contributed by atoms with Gasteiger partial charge in [-0.3, -0.25) is 4.79 Å². The number of aromatic carboxylic acids is 1. The molecule has 2 rings (SSSR count). The van der Waals surface area contributed by atoms with Gasteiger partial charge < -0.3 is 15.7 Å². The number of carbonyl (C=O) groups excluding carboxylic acids is 1. The Labute approximate surface area is 105 Å². The lowest BCUT2D eigenvalue weighted by atomic mass is 10.0. The van der Waals surface area contributed by atoms with Crippen LogP contribution in [0.25, 0.3) is 0 Å². The number of para-hydroxylation sites is 1. The average molecular weight is 248 g/mol. The minimum absolute atomic E-state index is 0.114. The summed E-state index contributed by atoms with van der Waals surface area (Å²) in [6.07, 6.45) is 1.71. The highest BCUT2D eigenvalue weighted by atomic mass is 16.4. The highest BCUT2D eigenvalue weighted by molar-refractivity contribution is 6.05. The van der Waals surface area contributed by atoms with Crippen LogP contribution in [-0.4, -0.2) is 23.5 Å². The summed E-state index contributed by atoms with van der Waals surface area (Å²) in [5.41, 5.74) is 1.15. The van der Waals surface area contributed by atoms with E-state index in [4.69, 9.17) is 5.11 Å². The lowest BCUT2D eigenvalue weighted by Crippen LogP contribution is -2.25. The minimum atomic E-state index is -1.04. The van der Waals surface area contributed by atoms with Crippen LogP contribution in [0.15, 0.2) is 18.2 Å². The largest absolute Gasteiger partial charge is 0.478 e. The third-order valence-corrected chi connectivity index (χ3v) is 3.09. The number of amides is 1. The van der Waals surface area contributed by atoms with Gasteiger partial charge in [-0.25, -0.2) is 4.79 Å². The van der Waals surface area contributed by atoms with E-state index in [1.54, 1.807) is 12.1 Å². The highest BCUT2D eigenvalue weighted by Crippen LogP contribution is 2.30. The summed E-state index contributed by atoms with van der Waals surface area (Å²) in [6.45, 7) is 2.56. The van der Waals surface area contributed by atoms with Crippen molar-refractivity contribution in [3.05, 3.63) is 23.8 Å². The molecule has 1 amide bonds. The van der Waals surface area contributed by atoms with Gasteiger partial charge in [0.05, 0.1) is 22.9 Å². The Morgan fingerprint density at radius 3 is 2.94 bits per heavy atom. The van der Waals surface area contributed by atoms with Crippen molar-refractivity contribution in [3.63, 3.8) is 0 Å². The monoisotopic (exact) mass is 248 g/mol. The molecule has 0 aliphatic carbocycles. The van der Waals surface area contributed by atoms with Crippen LogP contribution in [-0.2, 0) is 4.79 Å². The molecule has 1 unspecified atom stereocenters. The van der Waals surface area contributed by atoms with Crippen molar-refractivity contribution in [2.45, 2.75) is 19.8 Å². The molecule has 96 valence electrons. The van der Waals surface area contributed by atoms with Gasteiger partial charge in [-0.05, 0) is 18.6 Å². The number of hydrogen-bond donors (Lipinski definition) is 3. The predicted octanol–water partition coefficient (Wildman–Crippen LogP) is 2.17. The second-order valence-corrected chi connectivity index (χ2v) is 4.39. The first-order valence-electron chi connectivity index (χ1n) is 6.04. The van der Waals surface area contributed by atoms with E-state index in [9.17, 15) is 9.59 Å². The van der Waals surface area contributed by atoms with Gasteiger partial charge in [-0.15, -0.1) is 0 Å². The van der Waals surface area contributed by atoms with Crippen LogP contribution in [0.2, 0.25) is 0 Å². The summed E-state index contributed by atoms with van der Waals surface area (Å²) in [7, 11) is 0. The fourth-order valence-corrected chi connectivity index (χ4v) is 2.15. The second kappa shape index (κ2) is 5.08. The van der Waals surface area contributed by atoms with Crippen LogP contribution < -0.4 is 10.6 Å². The summed E-state index contributed by atoms with van der Waals surface area (Å²) < 4.78 is 0. The molecule has 1 aliphatic rings. The Balaban J connectivity index is 2.35. The summed E-state index contributed by atoms with van der Waals surface area (Å²) in [6, 6.07) is 4.93. The zero-order chi connectivity index (χ0) is 13.1. The van der Waals surface area contributed by atoms with E-state index in [0.717, 1.165) is 12.8 Å². The zero-order valence-corrected chi connectivity index (χ0v) is 10.2. The third kappa shape index (κ3) is 2.30. The average Bonchev–Trinajstić information content (AvgIpc) is 2.49. The third-order valence-electron chi connectivity index (χ3n) is 3.09. The number of rotatable bonds is 3. The molecule has 1 aromatic rings. The van der Waals surface area contributed by atoms with Crippen molar-refractivity contribution in [1.29, 1.82) is 0 Å². The number of fused-ring (bicyclic) bond motifs is 1. The van der Waals surface area contributed by atoms with Crippen molar-refractivity contribution >= 4 is 23.3 Å². The molecular weight excluding hydrogens is 232 g/mol. The molecular formula is C13H16N2O3. The number of anilines is 2. The van der Waals surface area contributed by atoms with E-state index < -0.39 is 5.97 Å². The Kier molecular flexibility index (Phi) is 3.50. The molecule has 3 N–H and O–H groups in total. The van der Waals surface area contributed by atoms with Gasteiger partial charge in [0, 0.05) is 6.54 Å². The van der Waals surface area contributed by atoms with Crippen molar-refractivity contribution in [2.24, 2.45) is 5.92 Å². The molecule has 5 nitrogen and oxygen atoms in total. The van der Waals surface area contributed by atoms with Gasteiger partial charge in [-0.1, -0.05) is 19.4 Å². The van der Waals surface area contributed by atoms with Crippen molar-refractivity contribution in [2.75, 3.05) is 17.2 Å². The Hall–Kier alpha value is -2.04. The Bertz CT molecular complexity index is 485. The lowest BCUT2D eigenvalue weighted by molar-refractivity contribution is -0.119. The molecule has 0 saturated heterocycles. The zero-order valence-electron chi connectivity index (χ0n) is 10.2. The molecule has 18 heavy (non-hydrogen) atoms. The predicted molar refractivity (Wildman–Crippen MR) is 68.9 cm³/mol. The molecule has 0 saturated carbocycles. The maximum atomic E-state index is 12.0. The van der Waals surface area contributed by atoms with Crippen LogP contribution in [0.1, 0.15) is 30.1 Å². The van der Waals surface area contributed by atoms with Gasteiger partial charge in [0.1, 0.15) is 0 Å². The highest BCUT2D eigenvalue weighted by Gasteiger charge is 2.25. The number of carboxylic acids is 1. The first-order chi connectivity index (χ1) is 8.63. The van der Waals surface area contributed by atoms with Crippen LogP contribution in [0.5, 0.6) is 0 Å². The molecule has 1 heterocycles. The van der Waals surface area contributed by atoms with Gasteiger partial charge in [0.15, 0.2) is 0 Å². The van der Waals surface area contributed by atoms with E-state index in [2.05, 4.69) is 10.6 Å². The van der Waals surface area contributed by atoms with Gasteiger partial charge in [0.2, 0.25) is 5.91 Å². The number of hydrogen-bond acceptors (Lipinski definition) is 3. The molecule has 0 radical (unpaired) electrons. The second-order valence-electron chi connectivity index (χ2n) is 4.39. The van der Waals surface area contributed by atoms with Gasteiger partial charge in [0.25, 0.3) is 0 Å². The topological polar surface area (TPSA) is 78.4 Å². The van der Waals surface area contributed by atoms with E-state index in [0.29, 0.717) is 17.9 Å². The molecule has 0 fully saturated rings. The molecule has 5 heteroatoms. The Morgan fingerprint density at radius 1 is 1.50 bits per heavy atom. The molecule has 1 aliphatic heterocycles. The van der Waals surface area contributed by atoms with E-state index in [1.807, 2.05) is 6.92 Å². The van der Waals surface area contributed by atoms with Crippen molar-refractivity contribution in [1.82, 2.24) is 0 Å². The maximum absolute atomic E-state index is 12.0. The first kappa shape index (κ1) is 12.4. The van der Waals surface area contributed by atoms with Crippen molar-refractivity contribution < 1.29 is 14.7 Å². The van der Waals surface area contributed by atoms with E-state index >= 15 is 0 Å². The number of carboxylic acid groups (broad SMARTS) is 1. The van der Waals surface area contributed by atoms with Crippen LogP contribution in [0, 0.1) is 5.92 Å².